The molecule has 0 radical (unpaired) electrons. The minimum absolute atomic E-state index is 0.00770. The van der Waals surface area contributed by atoms with Crippen LogP contribution in [0, 0.1) is 5.92 Å². The zero-order valence-corrected chi connectivity index (χ0v) is 30.6. The smallest absolute Gasteiger partial charge is 0.264 e. The first-order chi connectivity index (χ1) is 23.4. The van der Waals surface area contributed by atoms with Gasteiger partial charge in [-0.25, -0.2) is 0 Å². The average molecular weight is 750 g/mol. The molecule has 3 aromatic rings. The van der Waals surface area contributed by atoms with Crippen LogP contribution in [0.1, 0.15) is 35.6 Å². The monoisotopic (exact) mass is 748 g/mol. The van der Waals surface area contributed by atoms with E-state index in [0.29, 0.717) is 37.3 Å². The minimum atomic E-state index is -3.51. The van der Waals surface area contributed by atoms with Crippen molar-refractivity contribution in [2.24, 2.45) is 5.92 Å². The van der Waals surface area contributed by atoms with Gasteiger partial charge in [0.1, 0.15) is 0 Å². The maximum Gasteiger partial charge on any atom is 0.264 e. The summed E-state index contributed by atoms with van der Waals surface area (Å²) in [5.41, 5.74) is 2.97. The van der Waals surface area contributed by atoms with Crippen LogP contribution >= 0.6 is 15.9 Å². The number of aliphatic hydroxyl groups excluding tert-OH is 1. The topological polar surface area (TPSA) is 102 Å². The molecule has 9 nitrogen and oxygen atoms in total. The van der Waals surface area contributed by atoms with Crippen molar-refractivity contribution in [1.82, 2.24) is 10.2 Å². The summed E-state index contributed by atoms with van der Waals surface area (Å²) in [6, 6.07) is 20.8. The van der Waals surface area contributed by atoms with Crippen molar-refractivity contribution in [2.45, 2.75) is 69.2 Å². The molecule has 0 aromatic heterocycles. The molecule has 49 heavy (non-hydrogen) atoms. The normalized spacial score (nSPS) is 26.8. The first-order valence-corrected chi connectivity index (χ1v) is 20.7. The van der Waals surface area contributed by atoms with Crippen LogP contribution in [0.4, 0.5) is 15.5 Å². The Morgan fingerprint density at radius 2 is 1.88 bits per heavy atom. The second-order valence-corrected chi connectivity index (χ2v) is 19.0. The van der Waals surface area contributed by atoms with Crippen LogP contribution in [-0.2, 0) is 44.2 Å². The van der Waals surface area contributed by atoms with E-state index in [0.717, 1.165) is 26.9 Å². The lowest BCUT2D eigenvalue weighted by Gasteiger charge is -2.37. The lowest BCUT2D eigenvalue weighted by atomic mass is 9.82. The molecule has 12 heteroatoms. The lowest BCUT2D eigenvalue weighted by Crippen LogP contribution is -2.48. The van der Waals surface area contributed by atoms with Crippen LogP contribution in [-0.4, -0.2) is 74.5 Å². The molecule has 4 heterocycles. The highest BCUT2D eigenvalue weighted by molar-refractivity contribution is 9.10. The summed E-state index contributed by atoms with van der Waals surface area (Å²) in [6.45, 7) is 7.09. The summed E-state index contributed by atoms with van der Waals surface area (Å²) >= 11 is 3.59. The predicted molar refractivity (Wildman–Crippen MR) is 191 cm³/mol. The number of aliphatic hydroxyl groups is 1. The summed E-state index contributed by atoms with van der Waals surface area (Å²) in [5.74, 6) is -1.06. The Morgan fingerprint density at radius 3 is 2.61 bits per heavy atom. The van der Waals surface area contributed by atoms with E-state index in [1.165, 1.54) is 0 Å². The molecular formula is C37H42BrFN4O5Si. The van der Waals surface area contributed by atoms with Crippen LogP contribution in [0.25, 0.3) is 0 Å². The minimum Gasteiger partial charge on any atom is -0.394 e. The molecule has 0 unspecified atom stereocenters. The molecule has 3 amide bonds. The molecule has 0 bridgehead atoms. The van der Waals surface area contributed by atoms with Crippen molar-refractivity contribution < 1.29 is 28.3 Å². The van der Waals surface area contributed by atoms with Gasteiger partial charge in [0.2, 0.25) is 20.2 Å². The predicted octanol–water partition coefficient (Wildman–Crippen LogP) is 5.04. The Labute approximate surface area is 295 Å². The Morgan fingerprint density at radius 1 is 1.10 bits per heavy atom. The van der Waals surface area contributed by atoms with Gasteiger partial charge in [0.05, 0.1) is 44.0 Å². The van der Waals surface area contributed by atoms with Crippen LogP contribution < -0.4 is 15.1 Å². The molecule has 0 saturated carbocycles. The van der Waals surface area contributed by atoms with E-state index in [4.69, 9.17) is 4.74 Å². The van der Waals surface area contributed by atoms with Gasteiger partial charge >= 0.3 is 0 Å². The highest BCUT2D eigenvalue weighted by Crippen LogP contribution is 2.60. The molecule has 4 aliphatic rings. The zero-order valence-electron chi connectivity index (χ0n) is 28.0. The number of carbonyl (C=O) groups excluding carboxylic acids is 3. The number of amides is 3. The third-order valence-corrected chi connectivity index (χ3v) is 13.8. The third-order valence-electron chi connectivity index (χ3n) is 10.8. The molecule has 4 aliphatic heterocycles. The number of carbonyl (C=O) groups is 3. The molecule has 2 saturated heterocycles. The van der Waals surface area contributed by atoms with E-state index in [9.17, 15) is 19.5 Å². The number of nitrogens with one attached hydrogen (secondary N) is 1. The first kappa shape index (κ1) is 34.0. The number of hydrogen-bond donors (Lipinski definition) is 2. The van der Waals surface area contributed by atoms with Gasteiger partial charge in [-0.3, -0.25) is 14.4 Å². The molecule has 5 atom stereocenters. The number of piperazine rings is 1. The summed E-state index contributed by atoms with van der Waals surface area (Å²) in [7, 11) is -3.51. The van der Waals surface area contributed by atoms with Crippen LogP contribution in [0.3, 0.4) is 0 Å². The zero-order chi connectivity index (χ0) is 34.7. The van der Waals surface area contributed by atoms with Gasteiger partial charge in [-0.15, -0.1) is 0 Å². The van der Waals surface area contributed by atoms with E-state index in [-0.39, 0.29) is 43.8 Å². The molecular weight excluding hydrogens is 707 g/mol. The number of fused-ring (bicyclic) bond motifs is 3. The molecule has 3 aromatic carbocycles. The van der Waals surface area contributed by atoms with Crippen LogP contribution in [0.2, 0.25) is 18.6 Å². The first-order valence-electron chi connectivity index (χ1n) is 17.0. The van der Waals surface area contributed by atoms with Gasteiger partial charge in [-0.2, -0.15) is 0 Å². The molecule has 2 fully saturated rings. The number of hydrogen-bond acceptors (Lipinski definition) is 6. The Balaban J connectivity index is 1.21. The van der Waals surface area contributed by atoms with Crippen molar-refractivity contribution in [1.29, 1.82) is 0 Å². The Kier molecular flexibility index (Phi) is 9.06. The Bertz CT molecular complexity index is 1800. The van der Waals surface area contributed by atoms with E-state index < -0.39 is 37.6 Å². The van der Waals surface area contributed by atoms with Crippen molar-refractivity contribution in [3.8, 4) is 0 Å². The maximum absolute atomic E-state index is 16.5. The van der Waals surface area contributed by atoms with Crippen molar-refractivity contribution in [3.63, 3.8) is 0 Å². The quantitative estimate of drug-likeness (QED) is 0.260. The summed E-state index contributed by atoms with van der Waals surface area (Å²) in [5, 5.41) is 13.4. The third kappa shape index (κ3) is 5.95. The average Bonchev–Trinajstić information content (AvgIpc) is 3.50. The highest BCUT2D eigenvalue weighted by Gasteiger charge is 2.67. The number of ether oxygens (including phenoxy) is 1. The fourth-order valence-electron chi connectivity index (χ4n) is 8.59. The van der Waals surface area contributed by atoms with E-state index in [1.807, 2.05) is 73.7 Å². The van der Waals surface area contributed by atoms with Crippen molar-refractivity contribution >= 4 is 53.4 Å². The number of benzene rings is 3. The fourth-order valence-corrected chi connectivity index (χ4v) is 11.4. The summed E-state index contributed by atoms with van der Waals surface area (Å²) in [6.07, 6.45) is -0.383. The van der Waals surface area contributed by atoms with Crippen molar-refractivity contribution in [2.75, 3.05) is 36.0 Å². The number of halogens is 2. The maximum atomic E-state index is 16.5. The fraction of sp³-hybridized carbons (Fsp3) is 0.432. The number of nitrogens with zero attached hydrogens (tertiary/aromatic N) is 3. The molecule has 1 spiro atoms. The Hall–Kier alpha value is -3.42. The van der Waals surface area contributed by atoms with Gasteiger partial charge < -0.3 is 34.0 Å². The van der Waals surface area contributed by atoms with Gasteiger partial charge in [-0.05, 0) is 66.5 Å². The molecule has 7 rings (SSSR count). The largest absolute Gasteiger partial charge is 0.394 e. The van der Waals surface area contributed by atoms with Gasteiger partial charge in [0.25, 0.3) is 5.91 Å². The molecule has 2 N–H and O–H groups in total. The SMILES string of the molecule is C[C@H]1[C@H]([Si](C)(C)F)[C@@H](CC(=O)N2Cc3ccccc3C[C@H]2CO)O[C@]12C(=O)N(Cc1cccc(N3CCNCC3=O)c1)c1ccc(Br)cc12. The highest BCUT2D eigenvalue weighted by atomic mass is 79.9. The summed E-state index contributed by atoms with van der Waals surface area (Å²) < 4.78 is 24.1. The van der Waals surface area contributed by atoms with E-state index >= 15 is 4.11 Å². The lowest BCUT2D eigenvalue weighted by molar-refractivity contribution is -0.151. The number of rotatable bonds is 7. The van der Waals surface area contributed by atoms with Gasteiger partial charge in [-0.1, -0.05) is 59.3 Å². The number of anilines is 2. The second-order valence-electron chi connectivity index (χ2n) is 14.3. The van der Waals surface area contributed by atoms with Crippen LogP contribution in [0.5, 0.6) is 0 Å². The summed E-state index contributed by atoms with van der Waals surface area (Å²) in [4.78, 5) is 46.7. The van der Waals surface area contributed by atoms with E-state index in [2.05, 4.69) is 21.2 Å². The van der Waals surface area contributed by atoms with E-state index in [1.54, 1.807) is 27.8 Å². The molecule has 0 aliphatic carbocycles. The standard InChI is InChI=1S/C37H42BrFN4O5Si/c1-23-35(49(2,3)39)32(18-33(45)42-21-26-9-5-4-8-25(26)16-29(42)22-44)48-37(23)30-17-27(38)11-12-31(30)43(36(37)47)20-24-7-6-10-28(15-24)41-14-13-40-19-34(41)46/h4-12,15,17,23,29,32,35,40,44H,13-14,16,18-22H2,1-3H3/t23-,29-,32+,35-,37+/m0/s1. The van der Waals surface area contributed by atoms with Gasteiger partial charge in [0.15, 0.2) is 5.60 Å². The van der Waals surface area contributed by atoms with Gasteiger partial charge in [0, 0.05) is 46.8 Å². The van der Waals surface area contributed by atoms with Crippen LogP contribution in [0.15, 0.2) is 71.2 Å². The van der Waals surface area contributed by atoms with Crippen molar-refractivity contribution in [3.05, 3.63) is 93.5 Å². The second kappa shape index (κ2) is 13.0. The molecule has 258 valence electrons.